The molecule has 2 amide bonds. The molecule has 0 radical (unpaired) electrons. The number of carbonyl (C=O) groups is 2. The summed E-state index contributed by atoms with van der Waals surface area (Å²) in [7, 11) is 0. The number of urea groups is 1. The van der Waals surface area contributed by atoms with Crippen LogP contribution < -0.4 is 10.6 Å². The van der Waals surface area contributed by atoms with E-state index in [1.165, 1.54) is 6.20 Å². The predicted octanol–water partition coefficient (Wildman–Crippen LogP) is 1.12. The summed E-state index contributed by atoms with van der Waals surface area (Å²) in [6.45, 7) is 0.826. The number of amides is 2. The third-order valence-electron chi connectivity index (χ3n) is 2.27. The van der Waals surface area contributed by atoms with Crippen molar-refractivity contribution in [2.45, 2.75) is 32.2 Å². The predicted molar refractivity (Wildman–Crippen MR) is 62.8 cm³/mol. The van der Waals surface area contributed by atoms with E-state index in [2.05, 4.69) is 15.8 Å². The Kier molecular flexibility index (Phi) is 6.31. The topological polar surface area (TPSA) is 104 Å². The highest BCUT2D eigenvalue weighted by molar-refractivity contribution is 5.73. The highest BCUT2D eigenvalue weighted by Gasteiger charge is 2.02. The third kappa shape index (κ3) is 6.51. The van der Waals surface area contributed by atoms with Gasteiger partial charge in [0.05, 0.1) is 12.7 Å². The van der Waals surface area contributed by atoms with Crippen LogP contribution in [0.15, 0.2) is 16.8 Å². The van der Waals surface area contributed by atoms with Crippen LogP contribution >= 0.6 is 0 Å². The van der Waals surface area contributed by atoms with Gasteiger partial charge in [-0.2, -0.15) is 0 Å². The maximum Gasteiger partial charge on any atom is 0.315 e. The number of carbonyl (C=O) groups excluding carboxylic acids is 1. The Bertz CT molecular complexity index is 364. The summed E-state index contributed by atoms with van der Waals surface area (Å²) in [5, 5.41) is 17.2. The fraction of sp³-hybridized carbons (Fsp3) is 0.545. The molecule has 1 aromatic heterocycles. The van der Waals surface area contributed by atoms with Crippen molar-refractivity contribution in [1.29, 1.82) is 0 Å². The summed E-state index contributed by atoms with van der Waals surface area (Å²) in [4.78, 5) is 21.5. The van der Waals surface area contributed by atoms with Crippen LogP contribution in [0.5, 0.6) is 0 Å². The van der Waals surface area contributed by atoms with Gasteiger partial charge >= 0.3 is 12.0 Å². The molecule has 3 N–H and O–H groups in total. The molecule has 18 heavy (non-hydrogen) atoms. The molecule has 0 aliphatic heterocycles. The van der Waals surface area contributed by atoms with Gasteiger partial charge in [-0.15, -0.1) is 0 Å². The van der Waals surface area contributed by atoms with Crippen molar-refractivity contribution in [3.63, 3.8) is 0 Å². The molecule has 0 saturated carbocycles. The molecule has 1 rings (SSSR count). The van der Waals surface area contributed by atoms with Gasteiger partial charge in [-0.05, 0) is 12.8 Å². The van der Waals surface area contributed by atoms with Crippen LogP contribution in [0.25, 0.3) is 0 Å². The second kappa shape index (κ2) is 8.10. The SMILES string of the molecule is O=C(O)CCCCCNC(=O)NCc1ccno1. The van der Waals surface area contributed by atoms with Crippen LogP contribution in [-0.2, 0) is 11.3 Å². The zero-order valence-electron chi connectivity index (χ0n) is 10.0. The molecule has 100 valence electrons. The molecule has 7 nitrogen and oxygen atoms in total. The minimum absolute atomic E-state index is 0.178. The van der Waals surface area contributed by atoms with E-state index in [0.717, 1.165) is 12.8 Å². The molecule has 0 saturated heterocycles. The Hall–Kier alpha value is -2.05. The van der Waals surface area contributed by atoms with Crippen LogP contribution in [0.3, 0.4) is 0 Å². The summed E-state index contributed by atoms with van der Waals surface area (Å²) in [6.07, 6.45) is 3.88. The molecular formula is C11H17N3O4. The van der Waals surface area contributed by atoms with Crippen molar-refractivity contribution in [3.8, 4) is 0 Å². The number of hydrogen-bond donors (Lipinski definition) is 3. The number of nitrogens with one attached hydrogen (secondary N) is 2. The number of carboxylic acid groups (broad SMARTS) is 1. The Labute approximate surface area is 105 Å². The van der Waals surface area contributed by atoms with Crippen LogP contribution in [0.1, 0.15) is 31.4 Å². The van der Waals surface area contributed by atoms with Crippen LogP contribution in [-0.4, -0.2) is 28.8 Å². The number of nitrogens with zero attached hydrogens (tertiary/aromatic N) is 1. The van der Waals surface area contributed by atoms with E-state index < -0.39 is 5.97 Å². The fourth-order valence-electron chi connectivity index (χ4n) is 1.34. The quantitative estimate of drug-likeness (QED) is 0.604. The lowest BCUT2D eigenvalue weighted by Crippen LogP contribution is -2.35. The second-order valence-corrected chi connectivity index (χ2v) is 3.79. The van der Waals surface area contributed by atoms with Crippen molar-refractivity contribution in [3.05, 3.63) is 18.0 Å². The molecule has 0 spiro atoms. The number of rotatable bonds is 8. The average molecular weight is 255 g/mol. The number of carboxylic acids is 1. The Morgan fingerprint density at radius 2 is 2.11 bits per heavy atom. The first-order valence-corrected chi connectivity index (χ1v) is 5.81. The summed E-state index contributed by atoms with van der Waals surface area (Å²) < 4.78 is 4.82. The number of unbranched alkanes of at least 4 members (excludes halogenated alkanes) is 2. The fourth-order valence-corrected chi connectivity index (χ4v) is 1.34. The van der Waals surface area contributed by atoms with E-state index in [-0.39, 0.29) is 12.5 Å². The third-order valence-corrected chi connectivity index (χ3v) is 2.27. The van der Waals surface area contributed by atoms with Crippen molar-refractivity contribution in [2.75, 3.05) is 6.54 Å². The van der Waals surface area contributed by atoms with Crippen molar-refractivity contribution in [2.24, 2.45) is 0 Å². The maximum atomic E-state index is 11.3. The summed E-state index contributed by atoms with van der Waals surface area (Å²) in [5.74, 6) is -0.195. The molecule has 1 aromatic rings. The van der Waals surface area contributed by atoms with Crippen LogP contribution in [0, 0.1) is 0 Å². The van der Waals surface area contributed by atoms with E-state index in [4.69, 9.17) is 9.63 Å². The molecule has 0 fully saturated rings. The molecule has 0 aliphatic carbocycles. The first kappa shape index (κ1) is 14.0. The molecule has 0 bridgehead atoms. The number of aliphatic carboxylic acids is 1. The van der Waals surface area contributed by atoms with E-state index in [0.29, 0.717) is 25.3 Å². The van der Waals surface area contributed by atoms with Crippen LogP contribution in [0.2, 0.25) is 0 Å². The summed E-state index contributed by atoms with van der Waals surface area (Å²) in [6, 6.07) is 1.40. The molecule has 1 heterocycles. The molecule has 0 aromatic carbocycles. The molecule has 0 aliphatic rings. The number of hydrogen-bond acceptors (Lipinski definition) is 4. The average Bonchev–Trinajstić information content (AvgIpc) is 2.83. The highest BCUT2D eigenvalue weighted by Crippen LogP contribution is 1.98. The Balaban J connectivity index is 1.95. The lowest BCUT2D eigenvalue weighted by molar-refractivity contribution is -0.137. The summed E-state index contributed by atoms with van der Waals surface area (Å²) in [5.41, 5.74) is 0. The van der Waals surface area contributed by atoms with Gasteiger partial charge in [0.25, 0.3) is 0 Å². The second-order valence-electron chi connectivity index (χ2n) is 3.79. The van der Waals surface area contributed by atoms with E-state index in [1.807, 2.05) is 0 Å². The van der Waals surface area contributed by atoms with Crippen LogP contribution in [0.4, 0.5) is 4.79 Å². The monoisotopic (exact) mass is 255 g/mol. The standard InChI is InChI=1S/C11H17N3O4/c15-10(16)4-2-1-3-6-12-11(17)13-8-9-5-7-14-18-9/h5,7H,1-4,6,8H2,(H,15,16)(H2,12,13,17). The van der Waals surface area contributed by atoms with Crippen molar-refractivity contribution >= 4 is 12.0 Å². The van der Waals surface area contributed by atoms with Gasteiger partial charge in [-0.3, -0.25) is 4.79 Å². The molecule has 7 heteroatoms. The smallest absolute Gasteiger partial charge is 0.315 e. The van der Waals surface area contributed by atoms with Gasteiger partial charge in [0.2, 0.25) is 0 Å². The van der Waals surface area contributed by atoms with Crippen molar-refractivity contribution in [1.82, 2.24) is 15.8 Å². The van der Waals surface area contributed by atoms with Gasteiger partial charge in [-0.1, -0.05) is 11.6 Å². The highest BCUT2D eigenvalue weighted by atomic mass is 16.5. The van der Waals surface area contributed by atoms with Gasteiger partial charge in [-0.25, -0.2) is 4.79 Å². The number of aromatic nitrogens is 1. The van der Waals surface area contributed by atoms with E-state index in [9.17, 15) is 9.59 Å². The van der Waals surface area contributed by atoms with Crippen molar-refractivity contribution < 1.29 is 19.2 Å². The largest absolute Gasteiger partial charge is 0.481 e. The van der Waals surface area contributed by atoms with E-state index >= 15 is 0 Å². The normalized spacial score (nSPS) is 10.0. The van der Waals surface area contributed by atoms with Gasteiger partial charge in [0.1, 0.15) is 0 Å². The minimum atomic E-state index is -0.784. The lowest BCUT2D eigenvalue weighted by atomic mass is 10.2. The van der Waals surface area contributed by atoms with Gasteiger partial charge < -0.3 is 20.3 Å². The minimum Gasteiger partial charge on any atom is -0.481 e. The molecular weight excluding hydrogens is 238 g/mol. The van der Waals surface area contributed by atoms with E-state index in [1.54, 1.807) is 6.07 Å². The van der Waals surface area contributed by atoms with Gasteiger partial charge in [0.15, 0.2) is 5.76 Å². The maximum absolute atomic E-state index is 11.3. The first-order chi connectivity index (χ1) is 8.68. The Morgan fingerprint density at radius 1 is 1.28 bits per heavy atom. The van der Waals surface area contributed by atoms with Gasteiger partial charge in [0, 0.05) is 19.0 Å². The first-order valence-electron chi connectivity index (χ1n) is 5.81. The zero-order chi connectivity index (χ0) is 13.2. The summed E-state index contributed by atoms with van der Waals surface area (Å²) >= 11 is 0. The molecule has 0 unspecified atom stereocenters. The molecule has 0 atom stereocenters. The Morgan fingerprint density at radius 3 is 2.78 bits per heavy atom. The zero-order valence-corrected chi connectivity index (χ0v) is 10.0. The lowest BCUT2D eigenvalue weighted by Gasteiger charge is -2.05.